The van der Waals surface area contributed by atoms with Crippen LogP contribution in [0.15, 0.2) is 35.9 Å². The van der Waals surface area contributed by atoms with Crippen LogP contribution in [0.3, 0.4) is 0 Å². The van der Waals surface area contributed by atoms with E-state index in [1.165, 1.54) is 35.3 Å². The zero-order chi connectivity index (χ0) is 23.8. The number of rotatable bonds is 6. The van der Waals surface area contributed by atoms with Crippen molar-refractivity contribution in [3.05, 3.63) is 68.5 Å². The molecule has 1 atom stereocenters. The van der Waals surface area contributed by atoms with Crippen LogP contribution in [-0.2, 0) is 23.8 Å². The molecule has 176 valence electrons. The van der Waals surface area contributed by atoms with Crippen LogP contribution in [0.5, 0.6) is 0 Å². The lowest BCUT2D eigenvalue weighted by molar-refractivity contribution is -0.141. The molecule has 0 radical (unpaired) electrons. The molecule has 0 saturated heterocycles. The summed E-state index contributed by atoms with van der Waals surface area (Å²) in [7, 11) is 0. The Kier molecular flexibility index (Phi) is 7.03. The van der Waals surface area contributed by atoms with Gasteiger partial charge in [-0.15, -0.1) is 0 Å². The first-order valence-electron chi connectivity index (χ1n) is 10.9. The average molecular weight is 498 g/mol. The van der Waals surface area contributed by atoms with Crippen LogP contribution >= 0.6 is 23.2 Å². The van der Waals surface area contributed by atoms with Gasteiger partial charge >= 0.3 is 6.18 Å². The number of pyridine rings is 1. The van der Waals surface area contributed by atoms with Gasteiger partial charge in [0.05, 0.1) is 5.02 Å². The number of alkyl halides is 3. The number of benzene rings is 1. The summed E-state index contributed by atoms with van der Waals surface area (Å²) >= 11 is 11.9. The molecule has 1 aromatic heterocycles. The highest BCUT2D eigenvalue weighted by Gasteiger charge is 2.36. The molecule has 1 aliphatic heterocycles. The topological polar surface area (TPSA) is 45.2 Å². The Labute approximate surface area is 200 Å². The molecular weight excluding hydrogens is 474 g/mol. The van der Waals surface area contributed by atoms with E-state index < -0.39 is 16.9 Å². The van der Waals surface area contributed by atoms with E-state index in [9.17, 15) is 18.0 Å². The van der Waals surface area contributed by atoms with Crippen molar-refractivity contribution in [2.45, 2.75) is 44.8 Å². The quantitative estimate of drug-likeness (QED) is 0.568. The summed E-state index contributed by atoms with van der Waals surface area (Å²) in [5.41, 5.74) is 4.34. The summed E-state index contributed by atoms with van der Waals surface area (Å²) in [5, 5.41) is 3.26. The maximum Gasteiger partial charge on any atom is 0.434 e. The predicted octanol–water partition coefficient (Wildman–Crippen LogP) is 5.56. The number of nitrogens with zero attached hydrogens (tertiary/aromatic N) is 2. The molecule has 1 N–H and O–H groups in total. The van der Waals surface area contributed by atoms with Crippen LogP contribution in [0.2, 0.25) is 10.0 Å². The molecule has 2 aromatic rings. The Morgan fingerprint density at radius 3 is 2.76 bits per heavy atom. The van der Waals surface area contributed by atoms with Gasteiger partial charge in [0, 0.05) is 36.8 Å². The third kappa shape index (κ3) is 5.36. The zero-order valence-electron chi connectivity index (χ0n) is 18.1. The van der Waals surface area contributed by atoms with Crippen LogP contribution < -0.4 is 5.32 Å². The van der Waals surface area contributed by atoms with Crippen molar-refractivity contribution in [3.8, 4) is 0 Å². The molecule has 9 heteroatoms. The van der Waals surface area contributed by atoms with Crippen molar-refractivity contribution < 1.29 is 18.0 Å². The van der Waals surface area contributed by atoms with Gasteiger partial charge in [-0.25, -0.2) is 4.98 Å². The molecule has 0 saturated carbocycles. The Balaban J connectivity index is 1.48. The van der Waals surface area contributed by atoms with Crippen molar-refractivity contribution in [1.29, 1.82) is 0 Å². The second kappa shape index (κ2) is 9.65. The van der Waals surface area contributed by atoms with Gasteiger partial charge in [-0.05, 0) is 78.8 Å². The summed E-state index contributed by atoms with van der Waals surface area (Å²) < 4.78 is 39.3. The fraction of sp³-hybridized carbons (Fsp3) is 0.417. The van der Waals surface area contributed by atoms with E-state index in [2.05, 4.69) is 21.3 Å². The molecule has 1 unspecified atom stereocenters. The van der Waals surface area contributed by atoms with Gasteiger partial charge in [0.2, 0.25) is 5.91 Å². The number of hydrogen-bond donors (Lipinski definition) is 1. The number of aromatic nitrogens is 1. The van der Waals surface area contributed by atoms with E-state index in [0.717, 1.165) is 19.4 Å². The fourth-order valence-electron chi connectivity index (χ4n) is 4.76. The number of carbonyl (C=O) groups excluding carboxylic acids is 1. The van der Waals surface area contributed by atoms with Crippen molar-refractivity contribution in [2.24, 2.45) is 0 Å². The Hall–Kier alpha value is -2.09. The Morgan fingerprint density at radius 2 is 2.03 bits per heavy atom. The third-order valence-electron chi connectivity index (χ3n) is 6.25. The number of fused-ring (bicyclic) bond motifs is 2. The van der Waals surface area contributed by atoms with E-state index >= 15 is 0 Å². The molecule has 2 heterocycles. The van der Waals surface area contributed by atoms with Gasteiger partial charge < -0.3 is 5.32 Å². The molecule has 0 spiro atoms. The predicted molar refractivity (Wildman–Crippen MR) is 123 cm³/mol. The number of carbonyl (C=O) groups is 1. The number of halogens is 5. The lowest BCUT2D eigenvalue weighted by Crippen LogP contribution is -2.47. The minimum absolute atomic E-state index is 0.0349. The van der Waals surface area contributed by atoms with E-state index in [4.69, 9.17) is 23.2 Å². The summed E-state index contributed by atoms with van der Waals surface area (Å²) in [4.78, 5) is 17.7. The Morgan fingerprint density at radius 1 is 1.24 bits per heavy atom. The van der Waals surface area contributed by atoms with Crippen molar-refractivity contribution in [2.75, 3.05) is 19.6 Å². The first-order chi connectivity index (χ1) is 15.6. The van der Waals surface area contributed by atoms with Gasteiger partial charge in [0.25, 0.3) is 0 Å². The molecule has 4 rings (SSSR count). The SMILES string of the molecule is CC(=O)NCC1C2=C(CCN1CCCc1ccc(Cl)c(C(F)(F)F)n1)c1cc(Cl)ccc1C2. The number of nitrogens with one attached hydrogen (secondary N) is 1. The molecule has 33 heavy (non-hydrogen) atoms. The van der Waals surface area contributed by atoms with Crippen molar-refractivity contribution in [1.82, 2.24) is 15.2 Å². The first-order valence-corrected chi connectivity index (χ1v) is 11.6. The first kappa shape index (κ1) is 24.0. The molecule has 0 fully saturated rings. The molecule has 4 nitrogen and oxygen atoms in total. The minimum Gasteiger partial charge on any atom is -0.354 e. The standard InChI is InChI=1S/C24H24Cl2F3N3O/c1-14(33)30-13-22-20-11-15-4-5-16(25)12-19(15)18(20)8-10-32(22)9-2-3-17-6-7-21(26)23(31-17)24(27,28)29/h4-7,12,22H,2-3,8-11,13H2,1H3,(H,30,33). The second-order valence-corrected chi connectivity index (χ2v) is 9.30. The van der Waals surface area contributed by atoms with Crippen molar-refractivity contribution >= 4 is 34.7 Å². The van der Waals surface area contributed by atoms with Gasteiger partial charge in [-0.1, -0.05) is 29.3 Å². The van der Waals surface area contributed by atoms with Crippen LogP contribution in [-0.4, -0.2) is 41.5 Å². The van der Waals surface area contributed by atoms with E-state index in [0.29, 0.717) is 36.6 Å². The highest BCUT2D eigenvalue weighted by atomic mass is 35.5. The van der Waals surface area contributed by atoms with Gasteiger partial charge in [0.1, 0.15) is 0 Å². The maximum absolute atomic E-state index is 13.1. The zero-order valence-corrected chi connectivity index (χ0v) is 19.6. The summed E-state index contributed by atoms with van der Waals surface area (Å²) in [6.07, 6.45) is -1.84. The van der Waals surface area contributed by atoms with Gasteiger partial charge in [-0.2, -0.15) is 13.2 Å². The van der Waals surface area contributed by atoms with Gasteiger partial charge in [0.15, 0.2) is 5.69 Å². The highest BCUT2D eigenvalue weighted by Crippen LogP contribution is 2.42. The number of aryl methyl sites for hydroxylation is 1. The van der Waals surface area contributed by atoms with Crippen LogP contribution in [0, 0.1) is 0 Å². The lowest BCUT2D eigenvalue weighted by atomic mass is 9.92. The summed E-state index contributed by atoms with van der Waals surface area (Å²) in [5.74, 6) is -0.0914. The summed E-state index contributed by atoms with van der Waals surface area (Å²) in [6.45, 7) is 3.48. The van der Waals surface area contributed by atoms with E-state index in [1.807, 2.05) is 12.1 Å². The molecular formula is C24H24Cl2F3N3O. The minimum atomic E-state index is -4.58. The molecule has 0 bridgehead atoms. The third-order valence-corrected chi connectivity index (χ3v) is 6.79. The highest BCUT2D eigenvalue weighted by molar-refractivity contribution is 6.31. The number of amides is 1. The normalized spacial score (nSPS) is 18.3. The summed E-state index contributed by atoms with van der Waals surface area (Å²) in [6, 6.07) is 8.79. The largest absolute Gasteiger partial charge is 0.434 e. The molecule has 1 aliphatic carbocycles. The van der Waals surface area contributed by atoms with Crippen LogP contribution in [0.25, 0.3) is 5.57 Å². The van der Waals surface area contributed by atoms with Gasteiger partial charge in [-0.3, -0.25) is 9.69 Å². The van der Waals surface area contributed by atoms with Crippen LogP contribution in [0.1, 0.15) is 42.3 Å². The monoisotopic (exact) mass is 497 g/mol. The lowest BCUT2D eigenvalue weighted by Gasteiger charge is -2.37. The molecule has 1 aromatic carbocycles. The van der Waals surface area contributed by atoms with E-state index in [-0.39, 0.29) is 11.9 Å². The van der Waals surface area contributed by atoms with Crippen molar-refractivity contribution in [3.63, 3.8) is 0 Å². The smallest absolute Gasteiger partial charge is 0.354 e. The molecule has 2 aliphatic rings. The van der Waals surface area contributed by atoms with Crippen LogP contribution in [0.4, 0.5) is 13.2 Å². The Bertz CT molecular complexity index is 1100. The number of hydrogen-bond acceptors (Lipinski definition) is 3. The maximum atomic E-state index is 13.1. The molecule has 1 amide bonds. The van der Waals surface area contributed by atoms with E-state index in [1.54, 1.807) is 6.07 Å². The second-order valence-electron chi connectivity index (χ2n) is 8.46. The fourth-order valence-corrected chi connectivity index (χ4v) is 5.14. The average Bonchev–Trinajstić information content (AvgIpc) is 3.11.